The molecule has 6 nitrogen and oxygen atoms in total. The van der Waals surface area contributed by atoms with E-state index in [0.717, 1.165) is 18.1 Å². The second kappa shape index (κ2) is 5.13. The Labute approximate surface area is 117 Å². The maximum Gasteiger partial charge on any atom is 0.257 e. The van der Waals surface area contributed by atoms with Crippen LogP contribution in [0.1, 0.15) is 34.8 Å². The molecule has 1 unspecified atom stereocenters. The number of ether oxygens (including phenoxy) is 1. The normalized spacial score (nSPS) is 18.1. The van der Waals surface area contributed by atoms with Crippen molar-refractivity contribution >= 4 is 5.91 Å². The predicted octanol–water partition coefficient (Wildman–Crippen LogP) is 1.84. The summed E-state index contributed by atoms with van der Waals surface area (Å²) in [6.45, 7) is 3.93. The van der Waals surface area contributed by atoms with Gasteiger partial charge >= 0.3 is 0 Å². The Morgan fingerprint density at radius 2 is 2.40 bits per heavy atom. The molecule has 1 amide bonds. The van der Waals surface area contributed by atoms with E-state index >= 15 is 0 Å². The van der Waals surface area contributed by atoms with Crippen LogP contribution in [0, 0.1) is 0 Å². The summed E-state index contributed by atoms with van der Waals surface area (Å²) >= 11 is 0. The van der Waals surface area contributed by atoms with Crippen LogP contribution in [0.5, 0.6) is 0 Å². The molecule has 6 heteroatoms. The van der Waals surface area contributed by atoms with Gasteiger partial charge in [-0.15, -0.1) is 0 Å². The van der Waals surface area contributed by atoms with Crippen molar-refractivity contribution in [1.29, 1.82) is 0 Å². The highest BCUT2D eigenvalue weighted by Crippen LogP contribution is 2.27. The minimum atomic E-state index is -0.0586. The minimum Gasteiger partial charge on any atom is -0.472 e. The van der Waals surface area contributed by atoms with E-state index in [-0.39, 0.29) is 11.9 Å². The van der Waals surface area contributed by atoms with Crippen LogP contribution in [0.15, 0.2) is 29.2 Å². The maximum absolute atomic E-state index is 12.4. The van der Waals surface area contributed by atoms with Crippen molar-refractivity contribution in [2.24, 2.45) is 0 Å². The molecule has 1 aliphatic rings. The zero-order chi connectivity index (χ0) is 14.1. The van der Waals surface area contributed by atoms with Crippen LogP contribution in [-0.4, -0.2) is 34.0 Å². The van der Waals surface area contributed by atoms with E-state index in [9.17, 15) is 4.79 Å². The first-order valence-corrected chi connectivity index (χ1v) is 6.58. The van der Waals surface area contributed by atoms with Crippen molar-refractivity contribution < 1.29 is 13.9 Å². The van der Waals surface area contributed by atoms with Gasteiger partial charge < -0.3 is 18.6 Å². The number of imidazole rings is 1. The predicted molar refractivity (Wildman–Crippen MR) is 71.1 cm³/mol. The second-order valence-corrected chi connectivity index (χ2v) is 4.88. The number of aromatic nitrogens is 2. The van der Waals surface area contributed by atoms with Gasteiger partial charge in [-0.2, -0.15) is 0 Å². The summed E-state index contributed by atoms with van der Waals surface area (Å²) in [5.41, 5.74) is 1.62. The van der Waals surface area contributed by atoms with E-state index in [2.05, 4.69) is 9.55 Å². The molecule has 0 spiro atoms. The Kier molecular flexibility index (Phi) is 3.31. The highest BCUT2D eigenvalue weighted by atomic mass is 16.5. The zero-order valence-electron chi connectivity index (χ0n) is 11.6. The fourth-order valence-corrected chi connectivity index (χ4v) is 2.65. The molecule has 106 valence electrons. The first-order valence-electron chi connectivity index (χ1n) is 6.58. The number of amides is 1. The third-order valence-corrected chi connectivity index (χ3v) is 3.70. The van der Waals surface area contributed by atoms with Gasteiger partial charge in [-0.05, 0) is 13.0 Å². The van der Waals surface area contributed by atoms with Crippen LogP contribution in [0.25, 0.3) is 0 Å². The van der Waals surface area contributed by atoms with E-state index in [1.54, 1.807) is 13.2 Å². The molecular weight excluding hydrogens is 258 g/mol. The van der Waals surface area contributed by atoms with Crippen LogP contribution in [0.2, 0.25) is 0 Å². The molecule has 0 aliphatic carbocycles. The Morgan fingerprint density at radius 3 is 3.10 bits per heavy atom. The number of hydrogen-bond donors (Lipinski definition) is 0. The number of furan rings is 1. The van der Waals surface area contributed by atoms with Crippen LogP contribution < -0.4 is 0 Å². The van der Waals surface area contributed by atoms with E-state index in [1.165, 1.54) is 12.5 Å². The van der Waals surface area contributed by atoms with Crippen LogP contribution >= 0.6 is 0 Å². The standard InChI is InChI=1S/C14H17N3O3/c1-10-13-15-7-12(9-19-2)17(13)5-4-16(10)14(18)11-3-6-20-8-11/h3,6-8,10H,4-5,9H2,1-2H3. The fourth-order valence-electron chi connectivity index (χ4n) is 2.65. The van der Waals surface area contributed by atoms with E-state index in [0.29, 0.717) is 18.7 Å². The van der Waals surface area contributed by atoms with Gasteiger partial charge in [0.05, 0.1) is 36.4 Å². The third-order valence-electron chi connectivity index (χ3n) is 3.70. The summed E-state index contributed by atoms with van der Waals surface area (Å²) in [5, 5.41) is 0. The summed E-state index contributed by atoms with van der Waals surface area (Å²) in [4.78, 5) is 18.7. The highest BCUT2D eigenvalue weighted by molar-refractivity contribution is 5.94. The van der Waals surface area contributed by atoms with E-state index in [4.69, 9.17) is 9.15 Å². The van der Waals surface area contributed by atoms with Crippen molar-refractivity contribution in [1.82, 2.24) is 14.5 Å². The summed E-state index contributed by atoms with van der Waals surface area (Å²) in [6, 6.07) is 1.63. The lowest BCUT2D eigenvalue weighted by molar-refractivity contribution is 0.0632. The number of hydrogen-bond acceptors (Lipinski definition) is 4. The van der Waals surface area contributed by atoms with Gasteiger partial charge in [0.15, 0.2) is 0 Å². The molecule has 2 aromatic heterocycles. The Morgan fingerprint density at radius 1 is 1.55 bits per heavy atom. The zero-order valence-corrected chi connectivity index (χ0v) is 11.6. The SMILES string of the molecule is COCc1cnc2n1CCN(C(=O)c1ccoc1)C2C. The molecule has 3 heterocycles. The maximum atomic E-state index is 12.4. The highest BCUT2D eigenvalue weighted by Gasteiger charge is 2.31. The van der Waals surface area contributed by atoms with Gasteiger partial charge in [0.2, 0.25) is 0 Å². The van der Waals surface area contributed by atoms with Crippen molar-refractivity contribution in [2.75, 3.05) is 13.7 Å². The lowest BCUT2D eigenvalue weighted by Crippen LogP contribution is -2.41. The van der Waals surface area contributed by atoms with Gasteiger partial charge in [-0.3, -0.25) is 4.79 Å². The van der Waals surface area contributed by atoms with E-state index < -0.39 is 0 Å². The second-order valence-electron chi connectivity index (χ2n) is 4.88. The topological polar surface area (TPSA) is 60.5 Å². The number of rotatable bonds is 3. The Bertz CT molecular complexity index is 603. The Balaban J connectivity index is 1.86. The molecule has 0 bridgehead atoms. The van der Waals surface area contributed by atoms with Crippen LogP contribution in [0.3, 0.4) is 0 Å². The Hall–Kier alpha value is -2.08. The van der Waals surface area contributed by atoms with Gasteiger partial charge in [-0.1, -0.05) is 0 Å². The summed E-state index contributed by atoms with van der Waals surface area (Å²) in [6.07, 6.45) is 4.81. The quantitative estimate of drug-likeness (QED) is 0.857. The first kappa shape index (κ1) is 12.9. The van der Waals surface area contributed by atoms with Crippen LogP contribution in [-0.2, 0) is 17.9 Å². The smallest absolute Gasteiger partial charge is 0.257 e. The number of carbonyl (C=O) groups is 1. The molecule has 1 atom stereocenters. The molecule has 0 saturated carbocycles. The number of fused-ring (bicyclic) bond motifs is 1. The van der Waals surface area contributed by atoms with Gasteiger partial charge in [-0.25, -0.2) is 4.98 Å². The number of methoxy groups -OCH3 is 1. The molecular formula is C14H17N3O3. The van der Waals surface area contributed by atoms with Crippen molar-refractivity contribution in [3.63, 3.8) is 0 Å². The molecule has 0 N–H and O–H groups in total. The van der Waals surface area contributed by atoms with Gasteiger partial charge in [0, 0.05) is 20.2 Å². The van der Waals surface area contributed by atoms with Gasteiger partial charge in [0.25, 0.3) is 5.91 Å². The summed E-state index contributed by atoms with van der Waals surface area (Å²) < 4.78 is 12.3. The summed E-state index contributed by atoms with van der Waals surface area (Å²) in [7, 11) is 1.67. The molecule has 0 aromatic carbocycles. The van der Waals surface area contributed by atoms with Crippen molar-refractivity contribution in [3.05, 3.63) is 41.9 Å². The number of carbonyl (C=O) groups excluding carboxylic acids is 1. The third kappa shape index (κ3) is 2.02. The number of nitrogens with zero attached hydrogens (tertiary/aromatic N) is 3. The largest absolute Gasteiger partial charge is 0.472 e. The van der Waals surface area contributed by atoms with E-state index in [1.807, 2.05) is 18.0 Å². The average Bonchev–Trinajstić information content (AvgIpc) is 3.09. The van der Waals surface area contributed by atoms with Crippen molar-refractivity contribution in [3.8, 4) is 0 Å². The molecule has 2 aromatic rings. The molecule has 0 fully saturated rings. The molecule has 1 aliphatic heterocycles. The van der Waals surface area contributed by atoms with Crippen molar-refractivity contribution in [2.45, 2.75) is 26.1 Å². The molecule has 0 saturated heterocycles. The first-order chi connectivity index (χ1) is 9.72. The van der Waals surface area contributed by atoms with Gasteiger partial charge in [0.1, 0.15) is 12.1 Å². The van der Waals surface area contributed by atoms with Crippen LogP contribution in [0.4, 0.5) is 0 Å². The molecule has 0 radical (unpaired) electrons. The minimum absolute atomic E-state index is 0.0196. The fraction of sp³-hybridized carbons (Fsp3) is 0.429. The average molecular weight is 275 g/mol. The molecule has 20 heavy (non-hydrogen) atoms. The molecule has 3 rings (SSSR count). The monoisotopic (exact) mass is 275 g/mol. The lowest BCUT2D eigenvalue weighted by atomic mass is 10.1. The lowest BCUT2D eigenvalue weighted by Gasteiger charge is -2.34. The summed E-state index contributed by atoms with van der Waals surface area (Å²) in [5.74, 6) is 0.883.